The van der Waals surface area contributed by atoms with Gasteiger partial charge in [0.05, 0.1) is 11.3 Å². The van der Waals surface area contributed by atoms with Crippen molar-refractivity contribution in [1.82, 2.24) is 20.0 Å². The molecule has 3 heterocycles. The van der Waals surface area contributed by atoms with Crippen LogP contribution in [0.3, 0.4) is 0 Å². The maximum Gasteiger partial charge on any atom is 0.251 e. The molecule has 0 radical (unpaired) electrons. The van der Waals surface area contributed by atoms with E-state index in [-0.39, 0.29) is 17.4 Å². The first-order valence-electron chi connectivity index (χ1n) is 11.7. The van der Waals surface area contributed by atoms with Gasteiger partial charge in [-0.05, 0) is 63.6 Å². The Bertz CT molecular complexity index is 932. The Hall–Kier alpha value is -2.67. The number of hydrogen-bond donors (Lipinski definition) is 1. The van der Waals surface area contributed by atoms with Crippen LogP contribution in [0.5, 0.6) is 0 Å². The first kappa shape index (κ1) is 22.5. The Morgan fingerprint density at radius 2 is 1.94 bits per heavy atom. The van der Waals surface area contributed by atoms with Crippen LogP contribution >= 0.6 is 0 Å². The van der Waals surface area contributed by atoms with Gasteiger partial charge in [0.15, 0.2) is 0 Å². The van der Waals surface area contributed by atoms with Gasteiger partial charge >= 0.3 is 0 Å². The summed E-state index contributed by atoms with van der Waals surface area (Å²) in [6.45, 7) is 7.48. The number of aromatic nitrogens is 2. The summed E-state index contributed by atoms with van der Waals surface area (Å²) in [5.74, 6) is 0.578. The smallest absolute Gasteiger partial charge is 0.251 e. The van der Waals surface area contributed by atoms with Crippen molar-refractivity contribution in [3.05, 3.63) is 53.3 Å². The number of rotatable bonds is 6. The minimum Gasteiger partial charge on any atom is -0.375 e. The van der Waals surface area contributed by atoms with Crippen molar-refractivity contribution in [2.24, 2.45) is 5.92 Å². The summed E-state index contributed by atoms with van der Waals surface area (Å²) in [6, 6.07) is 11.4. The first-order chi connectivity index (χ1) is 15.4. The van der Waals surface area contributed by atoms with E-state index in [1.807, 2.05) is 59.8 Å². The van der Waals surface area contributed by atoms with Crippen LogP contribution in [0.25, 0.3) is 0 Å². The van der Waals surface area contributed by atoms with Gasteiger partial charge in [0.1, 0.15) is 0 Å². The van der Waals surface area contributed by atoms with Crippen LogP contribution in [0, 0.1) is 19.8 Å². The van der Waals surface area contributed by atoms with Crippen LogP contribution in [0.15, 0.2) is 36.4 Å². The third-order valence-corrected chi connectivity index (χ3v) is 6.85. The van der Waals surface area contributed by atoms with E-state index in [9.17, 15) is 9.59 Å². The van der Waals surface area contributed by atoms with E-state index < -0.39 is 0 Å². The summed E-state index contributed by atoms with van der Waals surface area (Å²) >= 11 is 0. The minimum atomic E-state index is -0.160. The fourth-order valence-corrected chi connectivity index (χ4v) is 5.01. The molecule has 1 atom stereocenters. The highest BCUT2D eigenvalue weighted by molar-refractivity contribution is 5.94. The van der Waals surface area contributed by atoms with E-state index in [1.54, 1.807) is 0 Å². The second kappa shape index (κ2) is 9.86. The topological polar surface area (TPSA) is 76.5 Å². The van der Waals surface area contributed by atoms with Crippen molar-refractivity contribution >= 4 is 11.8 Å². The van der Waals surface area contributed by atoms with E-state index in [0.29, 0.717) is 31.0 Å². The molecule has 1 unspecified atom stereocenters. The van der Waals surface area contributed by atoms with Gasteiger partial charge in [-0.2, -0.15) is 5.10 Å². The molecule has 2 aliphatic rings. The van der Waals surface area contributed by atoms with Crippen molar-refractivity contribution in [2.75, 3.05) is 26.2 Å². The summed E-state index contributed by atoms with van der Waals surface area (Å²) in [5, 5.41) is 7.54. The van der Waals surface area contributed by atoms with Gasteiger partial charge in [-0.25, -0.2) is 0 Å². The molecule has 32 heavy (non-hydrogen) atoms. The van der Waals surface area contributed by atoms with Crippen LogP contribution in [0.4, 0.5) is 0 Å². The fourth-order valence-electron chi connectivity index (χ4n) is 5.01. The lowest BCUT2D eigenvalue weighted by atomic mass is 9.79. The Morgan fingerprint density at radius 1 is 1.19 bits per heavy atom. The fraction of sp³-hybridized carbons (Fsp3) is 0.560. The molecule has 1 aromatic heterocycles. The number of carbonyl (C=O) groups excluding carboxylic acids is 2. The molecule has 2 aromatic rings. The quantitative estimate of drug-likeness (QED) is 0.752. The number of nitrogens with zero attached hydrogens (tertiary/aromatic N) is 3. The molecule has 4 rings (SSSR count). The zero-order chi connectivity index (χ0) is 22.6. The number of carbonyl (C=O) groups is 2. The highest BCUT2D eigenvalue weighted by Gasteiger charge is 2.41. The molecule has 1 aromatic carbocycles. The highest BCUT2D eigenvalue weighted by atomic mass is 16.5. The van der Waals surface area contributed by atoms with Gasteiger partial charge in [-0.3, -0.25) is 14.3 Å². The molecular formula is C25H34N4O3. The molecule has 1 N–H and O–H groups in total. The van der Waals surface area contributed by atoms with Gasteiger partial charge in [-0.1, -0.05) is 18.2 Å². The van der Waals surface area contributed by atoms with Crippen LogP contribution in [-0.4, -0.2) is 58.3 Å². The van der Waals surface area contributed by atoms with E-state index >= 15 is 0 Å². The highest BCUT2D eigenvalue weighted by Crippen LogP contribution is 2.37. The standard InChI is InChI=1S/C25H34N4O3/c1-19-16-20(2)29(27-19)12-8-23(30)28-13-10-25(11-14-28)17-21(9-15-32-25)18-26-24(31)22-6-4-3-5-7-22/h3-7,16,21H,8-15,17-18H2,1-2H3,(H,26,31). The molecule has 2 aliphatic heterocycles. The molecule has 2 amide bonds. The van der Waals surface area contributed by atoms with Crippen LogP contribution < -0.4 is 5.32 Å². The maximum atomic E-state index is 12.7. The molecule has 7 heteroatoms. The number of piperidine rings is 1. The average molecular weight is 439 g/mol. The molecule has 1 spiro atoms. The lowest BCUT2D eigenvalue weighted by Crippen LogP contribution is -2.51. The lowest BCUT2D eigenvalue weighted by Gasteiger charge is -2.46. The monoisotopic (exact) mass is 438 g/mol. The van der Waals surface area contributed by atoms with Crippen molar-refractivity contribution in [2.45, 2.75) is 58.1 Å². The summed E-state index contributed by atoms with van der Waals surface area (Å²) in [5.41, 5.74) is 2.61. The summed E-state index contributed by atoms with van der Waals surface area (Å²) in [7, 11) is 0. The largest absolute Gasteiger partial charge is 0.375 e. The molecule has 0 bridgehead atoms. The summed E-state index contributed by atoms with van der Waals surface area (Å²) in [4.78, 5) is 27.1. The number of nitrogens with one attached hydrogen (secondary N) is 1. The molecule has 7 nitrogen and oxygen atoms in total. The van der Waals surface area contributed by atoms with Crippen molar-refractivity contribution in [3.63, 3.8) is 0 Å². The Kier molecular flexibility index (Phi) is 6.94. The molecule has 172 valence electrons. The number of benzene rings is 1. The third-order valence-electron chi connectivity index (χ3n) is 6.85. The number of ether oxygens (including phenoxy) is 1. The van der Waals surface area contributed by atoms with Crippen LogP contribution in [0.1, 0.15) is 53.8 Å². The van der Waals surface area contributed by atoms with E-state index in [2.05, 4.69) is 10.4 Å². The number of amides is 2. The van der Waals surface area contributed by atoms with Gasteiger partial charge in [0.2, 0.25) is 5.91 Å². The maximum absolute atomic E-state index is 12.7. The lowest BCUT2D eigenvalue weighted by molar-refractivity contribution is -0.147. The molecule has 2 fully saturated rings. The van der Waals surface area contributed by atoms with Crippen LogP contribution in [0.2, 0.25) is 0 Å². The Labute approximate surface area is 190 Å². The zero-order valence-corrected chi connectivity index (χ0v) is 19.2. The average Bonchev–Trinajstić information content (AvgIpc) is 3.14. The second-order valence-electron chi connectivity index (χ2n) is 9.25. The number of hydrogen-bond acceptors (Lipinski definition) is 4. The second-order valence-corrected chi connectivity index (χ2v) is 9.25. The summed E-state index contributed by atoms with van der Waals surface area (Å²) < 4.78 is 8.15. The zero-order valence-electron chi connectivity index (χ0n) is 19.2. The molecule has 2 saturated heterocycles. The third kappa shape index (κ3) is 5.38. The first-order valence-corrected chi connectivity index (χ1v) is 11.7. The predicted octanol–water partition coefficient (Wildman–Crippen LogP) is 3.11. The van der Waals surface area contributed by atoms with Gasteiger partial charge < -0.3 is 15.0 Å². The SMILES string of the molecule is Cc1cc(C)n(CCC(=O)N2CCC3(CC2)CC(CNC(=O)c2ccccc2)CCO3)n1. The van der Waals surface area contributed by atoms with Gasteiger partial charge in [-0.15, -0.1) is 0 Å². The summed E-state index contributed by atoms with van der Waals surface area (Å²) in [6.07, 6.45) is 4.10. The predicted molar refractivity (Wildman–Crippen MR) is 122 cm³/mol. The molecule has 0 saturated carbocycles. The van der Waals surface area contributed by atoms with Crippen molar-refractivity contribution in [3.8, 4) is 0 Å². The van der Waals surface area contributed by atoms with E-state index in [1.165, 1.54) is 0 Å². The van der Waals surface area contributed by atoms with E-state index in [4.69, 9.17) is 4.74 Å². The minimum absolute atomic E-state index is 0.0193. The van der Waals surface area contributed by atoms with Crippen LogP contribution in [-0.2, 0) is 16.1 Å². The number of likely N-dealkylation sites (tertiary alicyclic amines) is 1. The van der Waals surface area contributed by atoms with Gasteiger partial charge in [0, 0.05) is 50.5 Å². The molecular weight excluding hydrogens is 404 g/mol. The normalized spacial score (nSPS) is 20.3. The van der Waals surface area contributed by atoms with Gasteiger partial charge in [0.25, 0.3) is 5.91 Å². The van der Waals surface area contributed by atoms with Crippen molar-refractivity contribution < 1.29 is 14.3 Å². The molecule has 0 aliphatic carbocycles. The van der Waals surface area contributed by atoms with E-state index in [0.717, 1.165) is 56.8 Å². The number of aryl methyl sites for hydroxylation is 3. The van der Waals surface area contributed by atoms with Crippen molar-refractivity contribution in [1.29, 1.82) is 0 Å². The Morgan fingerprint density at radius 3 is 2.62 bits per heavy atom. The Balaban J connectivity index is 1.23.